The van der Waals surface area contributed by atoms with E-state index >= 15 is 0 Å². The molecule has 0 bridgehead atoms. The number of carbonyl (C=O) groups is 2. The van der Waals surface area contributed by atoms with E-state index in [1.54, 1.807) is 31.2 Å². The molecule has 0 atom stereocenters. The normalized spacial score (nSPS) is 14.0. The second-order valence-electron chi connectivity index (χ2n) is 7.17. The lowest BCUT2D eigenvalue weighted by molar-refractivity contribution is 0.0935. The highest BCUT2D eigenvalue weighted by Crippen LogP contribution is 2.29. The van der Waals surface area contributed by atoms with Gasteiger partial charge in [-0.25, -0.2) is 0 Å². The number of rotatable bonds is 5. The Hall–Kier alpha value is -3.24. The Bertz CT molecular complexity index is 1060. The van der Waals surface area contributed by atoms with Gasteiger partial charge in [0, 0.05) is 16.7 Å². The topological polar surface area (TPSA) is 43.4 Å². The van der Waals surface area contributed by atoms with E-state index in [-0.39, 0.29) is 17.3 Å². The van der Waals surface area contributed by atoms with Crippen LogP contribution in [0.2, 0.25) is 6.04 Å². The van der Waals surface area contributed by atoms with Crippen LogP contribution in [0.1, 0.15) is 34.6 Å². The van der Waals surface area contributed by atoms with E-state index < -0.39 is 8.32 Å². The zero-order chi connectivity index (χ0) is 20.4. The summed E-state index contributed by atoms with van der Waals surface area (Å²) in [7, 11) is -2.77. The molecule has 4 rings (SSSR count). The summed E-state index contributed by atoms with van der Waals surface area (Å²) in [4.78, 5) is 26.3. The molecule has 29 heavy (non-hydrogen) atoms. The number of carbonyl (C=O) groups excluding carboxylic acids is 2. The molecule has 0 saturated heterocycles. The molecule has 1 aliphatic rings. The molecule has 0 aliphatic heterocycles. The van der Waals surface area contributed by atoms with Crippen molar-refractivity contribution in [2.75, 3.05) is 0 Å². The molecule has 0 spiro atoms. The maximum absolute atomic E-state index is 13.3. The first-order chi connectivity index (χ1) is 14.1. The van der Waals surface area contributed by atoms with Crippen molar-refractivity contribution in [2.24, 2.45) is 0 Å². The Balaban J connectivity index is 1.89. The third-order valence-electron chi connectivity index (χ3n) is 5.56. The fourth-order valence-electron chi connectivity index (χ4n) is 3.95. The van der Waals surface area contributed by atoms with E-state index in [4.69, 9.17) is 4.43 Å². The Morgan fingerprint density at radius 3 is 1.62 bits per heavy atom. The van der Waals surface area contributed by atoms with Crippen LogP contribution in [0.5, 0.6) is 0 Å². The predicted molar refractivity (Wildman–Crippen MR) is 117 cm³/mol. The van der Waals surface area contributed by atoms with Crippen LogP contribution in [0.15, 0.2) is 96.3 Å². The number of hydrogen-bond donors (Lipinski definition) is 0. The molecular formula is C25H22O3Si. The van der Waals surface area contributed by atoms with E-state index in [2.05, 4.69) is 31.2 Å². The van der Waals surface area contributed by atoms with Gasteiger partial charge in [-0.1, -0.05) is 91.9 Å². The van der Waals surface area contributed by atoms with Crippen molar-refractivity contribution in [1.29, 1.82) is 0 Å². The lowest BCUT2D eigenvalue weighted by Gasteiger charge is -2.34. The zero-order valence-corrected chi connectivity index (χ0v) is 17.5. The van der Waals surface area contributed by atoms with Gasteiger partial charge in [-0.2, -0.15) is 0 Å². The Labute approximate surface area is 171 Å². The Kier molecular flexibility index (Phi) is 5.03. The second-order valence-corrected chi connectivity index (χ2v) is 10.9. The molecule has 3 aromatic carbocycles. The summed E-state index contributed by atoms with van der Waals surface area (Å²) in [6.07, 6.45) is 0. The molecule has 0 N–H and O–H groups in total. The number of benzene rings is 3. The summed E-state index contributed by atoms with van der Waals surface area (Å²) >= 11 is 0. The average molecular weight is 399 g/mol. The summed E-state index contributed by atoms with van der Waals surface area (Å²) in [5.41, 5.74) is 1.25. The van der Waals surface area contributed by atoms with Gasteiger partial charge in [0.05, 0.1) is 0 Å². The van der Waals surface area contributed by atoms with Gasteiger partial charge in [-0.3, -0.25) is 9.59 Å². The Morgan fingerprint density at radius 1 is 0.690 bits per heavy atom. The van der Waals surface area contributed by atoms with E-state index in [1.807, 2.05) is 36.4 Å². The van der Waals surface area contributed by atoms with Gasteiger partial charge in [0.2, 0.25) is 5.78 Å². The molecule has 144 valence electrons. The molecule has 0 radical (unpaired) electrons. The standard InChI is InChI=1S/C25H22O3Si/c1-3-29(19-12-6-4-7-13-19,20-14-8-5-9-15-20)28-25-18(2)23(26)21-16-10-11-17-22(21)24(25)27/h4-17H,3H2,1-2H3. The highest BCUT2D eigenvalue weighted by molar-refractivity contribution is 6.97. The highest BCUT2D eigenvalue weighted by Gasteiger charge is 2.43. The average Bonchev–Trinajstić information content (AvgIpc) is 2.79. The highest BCUT2D eigenvalue weighted by atomic mass is 28.4. The minimum Gasteiger partial charge on any atom is -0.532 e. The predicted octanol–water partition coefficient (Wildman–Crippen LogP) is 4.14. The van der Waals surface area contributed by atoms with Crippen LogP contribution in [0.3, 0.4) is 0 Å². The largest absolute Gasteiger partial charge is 0.532 e. The first kappa shape index (κ1) is 19.1. The van der Waals surface area contributed by atoms with Crippen LogP contribution in [0.4, 0.5) is 0 Å². The van der Waals surface area contributed by atoms with E-state index in [0.717, 1.165) is 16.4 Å². The molecule has 0 fully saturated rings. The number of fused-ring (bicyclic) bond motifs is 1. The van der Waals surface area contributed by atoms with Crippen molar-refractivity contribution in [3.8, 4) is 0 Å². The summed E-state index contributed by atoms with van der Waals surface area (Å²) in [5, 5.41) is 2.15. The number of allylic oxidation sites excluding steroid dienone is 2. The monoisotopic (exact) mass is 398 g/mol. The van der Waals surface area contributed by atoms with Crippen LogP contribution in [-0.4, -0.2) is 19.9 Å². The minimum absolute atomic E-state index is 0.143. The summed E-state index contributed by atoms with van der Waals surface area (Å²) in [6, 6.07) is 27.8. The van der Waals surface area contributed by atoms with Gasteiger partial charge in [0.1, 0.15) is 0 Å². The second kappa shape index (κ2) is 7.64. The first-order valence-electron chi connectivity index (χ1n) is 9.78. The molecule has 3 aromatic rings. The van der Waals surface area contributed by atoms with Crippen LogP contribution >= 0.6 is 0 Å². The number of hydrogen-bond acceptors (Lipinski definition) is 3. The lowest BCUT2D eigenvalue weighted by atomic mass is 9.89. The molecule has 0 saturated carbocycles. The molecule has 0 unspecified atom stereocenters. The van der Waals surface area contributed by atoms with Crippen molar-refractivity contribution in [3.63, 3.8) is 0 Å². The van der Waals surface area contributed by atoms with Gasteiger partial charge in [0.15, 0.2) is 11.5 Å². The van der Waals surface area contributed by atoms with Crippen molar-refractivity contribution in [2.45, 2.75) is 19.9 Å². The van der Waals surface area contributed by atoms with Crippen LogP contribution in [0, 0.1) is 0 Å². The van der Waals surface area contributed by atoms with Gasteiger partial charge in [-0.05, 0) is 23.3 Å². The van der Waals surface area contributed by atoms with Gasteiger partial charge in [-0.15, -0.1) is 0 Å². The van der Waals surface area contributed by atoms with Crippen LogP contribution < -0.4 is 10.4 Å². The molecule has 0 heterocycles. The summed E-state index contributed by atoms with van der Waals surface area (Å²) in [5.74, 6) is -0.167. The smallest absolute Gasteiger partial charge is 0.314 e. The van der Waals surface area contributed by atoms with Crippen molar-refractivity contribution < 1.29 is 14.0 Å². The maximum atomic E-state index is 13.3. The SMILES string of the molecule is CC[Si](OC1=C(C)C(=O)c2ccccc2C1=O)(c1ccccc1)c1ccccc1. The van der Waals surface area contributed by atoms with Crippen LogP contribution in [-0.2, 0) is 4.43 Å². The number of ketones is 2. The molecule has 1 aliphatic carbocycles. The molecule has 3 nitrogen and oxygen atoms in total. The molecular weight excluding hydrogens is 376 g/mol. The third kappa shape index (κ3) is 3.15. The van der Waals surface area contributed by atoms with E-state index in [1.165, 1.54) is 0 Å². The molecule has 4 heteroatoms. The van der Waals surface area contributed by atoms with Gasteiger partial charge in [0.25, 0.3) is 0 Å². The van der Waals surface area contributed by atoms with Crippen molar-refractivity contribution in [3.05, 3.63) is 107 Å². The minimum atomic E-state index is -2.77. The number of Topliss-reactive ketones (excluding diaryl/α,β-unsaturated/α-hetero) is 2. The molecule has 0 amide bonds. The fraction of sp³-hybridized carbons (Fsp3) is 0.120. The van der Waals surface area contributed by atoms with Gasteiger partial charge < -0.3 is 4.43 Å². The molecule has 0 aromatic heterocycles. The first-order valence-corrected chi connectivity index (χ1v) is 11.9. The quantitative estimate of drug-likeness (QED) is 0.607. The van der Waals surface area contributed by atoms with E-state index in [0.29, 0.717) is 16.7 Å². The van der Waals surface area contributed by atoms with Crippen molar-refractivity contribution in [1.82, 2.24) is 0 Å². The fourth-order valence-corrected chi connectivity index (χ4v) is 7.54. The third-order valence-corrected chi connectivity index (χ3v) is 9.64. The summed E-state index contributed by atoms with van der Waals surface area (Å²) in [6.45, 7) is 3.78. The van der Waals surface area contributed by atoms with Crippen LogP contribution in [0.25, 0.3) is 0 Å². The zero-order valence-electron chi connectivity index (χ0n) is 16.5. The summed E-state index contributed by atoms with van der Waals surface area (Å²) < 4.78 is 6.70. The Morgan fingerprint density at radius 2 is 1.14 bits per heavy atom. The van der Waals surface area contributed by atoms with Gasteiger partial charge >= 0.3 is 8.32 Å². The van der Waals surface area contributed by atoms with Crippen molar-refractivity contribution >= 4 is 30.3 Å². The van der Waals surface area contributed by atoms with E-state index in [9.17, 15) is 9.59 Å². The maximum Gasteiger partial charge on any atom is 0.314 e. The lowest BCUT2D eigenvalue weighted by Crippen LogP contribution is -2.60.